The number of carbonyl (C=O) groups excluding carboxylic acids is 2. The molecule has 0 unspecified atom stereocenters. The first-order chi connectivity index (χ1) is 19.9. The van der Waals surface area contributed by atoms with Crippen LogP contribution >= 0.6 is 11.8 Å². The number of hydrogen-bond donors (Lipinski definition) is 2. The number of rotatable bonds is 13. The molecule has 0 fully saturated rings. The lowest BCUT2D eigenvalue weighted by molar-refractivity contribution is -0.120. The van der Waals surface area contributed by atoms with E-state index in [-0.39, 0.29) is 30.5 Å². The predicted octanol–water partition coefficient (Wildman–Crippen LogP) is 3.89. The smallest absolute Gasteiger partial charge is 0.234 e. The summed E-state index contributed by atoms with van der Waals surface area (Å²) in [5, 5.41) is 14.9. The van der Waals surface area contributed by atoms with E-state index in [1.807, 2.05) is 24.3 Å². The van der Waals surface area contributed by atoms with E-state index < -0.39 is 0 Å². The zero-order valence-corrected chi connectivity index (χ0v) is 24.0. The number of carbonyl (C=O) groups is 2. The van der Waals surface area contributed by atoms with Crippen LogP contribution in [0.2, 0.25) is 0 Å². The molecule has 0 radical (unpaired) electrons. The Morgan fingerprint density at radius 3 is 2.05 bits per heavy atom. The van der Waals surface area contributed by atoms with Gasteiger partial charge in [-0.3, -0.25) is 14.2 Å². The highest BCUT2D eigenvalue weighted by Crippen LogP contribution is 2.32. The van der Waals surface area contributed by atoms with Crippen molar-refractivity contribution in [3.05, 3.63) is 78.1 Å². The number of thioether (sulfide) groups is 1. The molecule has 0 aliphatic carbocycles. The average molecular weight is 578 g/mol. The Hall–Kier alpha value is -4.71. The monoisotopic (exact) mass is 577 g/mol. The largest absolute Gasteiger partial charge is 0.497 e. The molecule has 0 bridgehead atoms. The molecule has 4 aromatic rings. The Kier molecular flexibility index (Phi) is 10.1. The molecule has 11 nitrogen and oxygen atoms in total. The van der Waals surface area contributed by atoms with Crippen molar-refractivity contribution in [1.82, 2.24) is 20.1 Å². The second kappa shape index (κ2) is 14.1. The van der Waals surface area contributed by atoms with E-state index >= 15 is 0 Å². The third-order valence-corrected chi connectivity index (χ3v) is 6.93. The van der Waals surface area contributed by atoms with Gasteiger partial charge in [-0.25, -0.2) is 0 Å². The third kappa shape index (κ3) is 7.70. The van der Waals surface area contributed by atoms with E-state index in [2.05, 4.69) is 20.8 Å². The molecule has 1 aromatic heterocycles. The maximum absolute atomic E-state index is 12.7. The number of methoxy groups -OCH3 is 4. The van der Waals surface area contributed by atoms with Crippen LogP contribution < -0.4 is 29.6 Å². The number of benzene rings is 3. The van der Waals surface area contributed by atoms with E-state index in [4.69, 9.17) is 18.9 Å². The van der Waals surface area contributed by atoms with Gasteiger partial charge < -0.3 is 29.6 Å². The summed E-state index contributed by atoms with van der Waals surface area (Å²) in [5.41, 5.74) is 2.10. The van der Waals surface area contributed by atoms with Gasteiger partial charge in [0, 0.05) is 11.8 Å². The number of nitrogens with zero attached hydrogens (tertiary/aromatic N) is 3. The molecule has 0 aliphatic rings. The van der Waals surface area contributed by atoms with Gasteiger partial charge in [0.2, 0.25) is 11.8 Å². The van der Waals surface area contributed by atoms with Crippen molar-refractivity contribution in [2.45, 2.75) is 18.1 Å². The zero-order valence-electron chi connectivity index (χ0n) is 23.2. The molecule has 4 rings (SSSR count). The number of nitrogens with one attached hydrogen (secondary N) is 2. The van der Waals surface area contributed by atoms with E-state index in [1.165, 1.54) is 11.8 Å². The molecule has 0 spiro atoms. The van der Waals surface area contributed by atoms with Gasteiger partial charge in [-0.1, -0.05) is 23.9 Å². The van der Waals surface area contributed by atoms with Crippen LogP contribution in [0.4, 0.5) is 5.69 Å². The fourth-order valence-electron chi connectivity index (χ4n) is 3.89. The van der Waals surface area contributed by atoms with Crippen molar-refractivity contribution in [3.8, 4) is 28.7 Å². The third-order valence-electron chi connectivity index (χ3n) is 6.00. The second-order valence-corrected chi connectivity index (χ2v) is 9.58. The Bertz CT molecular complexity index is 1390. The van der Waals surface area contributed by atoms with Gasteiger partial charge >= 0.3 is 0 Å². The summed E-state index contributed by atoms with van der Waals surface area (Å²) in [6.07, 6.45) is 0.188. The summed E-state index contributed by atoms with van der Waals surface area (Å²) in [4.78, 5) is 25.5. The highest BCUT2D eigenvalue weighted by molar-refractivity contribution is 7.99. The fourth-order valence-corrected chi connectivity index (χ4v) is 4.66. The van der Waals surface area contributed by atoms with Crippen molar-refractivity contribution < 1.29 is 28.5 Å². The van der Waals surface area contributed by atoms with Crippen molar-refractivity contribution in [2.24, 2.45) is 0 Å². The van der Waals surface area contributed by atoms with E-state index in [0.29, 0.717) is 39.6 Å². The molecule has 2 N–H and O–H groups in total. The zero-order chi connectivity index (χ0) is 29.2. The summed E-state index contributed by atoms with van der Waals surface area (Å²) in [5.74, 6) is 2.67. The van der Waals surface area contributed by atoms with Crippen LogP contribution in [0.3, 0.4) is 0 Å². The molecule has 0 atom stereocenters. The van der Waals surface area contributed by atoms with Gasteiger partial charge in [-0.15, -0.1) is 10.2 Å². The van der Waals surface area contributed by atoms with Crippen LogP contribution in [0.25, 0.3) is 5.69 Å². The van der Waals surface area contributed by atoms with Crippen LogP contribution in [0.1, 0.15) is 11.4 Å². The standard InChI is InChI=1S/C29H31N5O6S/c1-37-21-9-5-19(6-10-21)15-27(35)30-17-26-32-33-29(34(26)24-16-23(39-3)13-14-25(24)40-4)41-18-28(36)31-20-7-11-22(38-2)12-8-20/h5-14,16H,15,17-18H2,1-4H3,(H,30,35)(H,31,36). The normalized spacial score (nSPS) is 10.5. The molecule has 0 saturated carbocycles. The Morgan fingerprint density at radius 2 is 1.41 bits per heavy atom. The predicted molar refractivity (Wildman–Crippen MR) is 155 cm³/mol. The van der Waals surface area contributed by atoms with Gasteiger partial charge in [-0.05, 0) is 54.1 Å². The van der Waals surface area contributed by atoms with E-state index in [9.17, 15) is 9.59 Å². The van der Waals surface area contributed by atoms with Crippen LogP contribution in [-0.4, -0.2) is 60.8 Å². The molecular weight excluding hydrogens is 546 g/mol. The van der Waals surface area contributed by atoms with Gasteiger partial charge in [0.1, 0.15) is 23.0 Å². The number of ether oxygens (including phenoxy) is 4. The summed E-state index contributed by atoms with van der Waals surface area (Å²) < 4.78 is 23.1. The quantitative estimate of drug-likeness (QED) is 0.228. The van der Waals surface area contributed by atoms with Gasteiger partial charge in [0.15, 0.2) is 11.0 Å². The lowest BCUT2D eigenvalue weighted by atomic mass is 10.1. The maximum atomic E-state index is 12.7. The first-order valence-electron chi connectivity index (χ1n) is 12.6. The number of hydrogen-bond acceptors (Lipinski definition) is 9. The number of aromatic nitrogens is 3. The van der Waals surface area contributed by atoms with Gasteiger partial charge in [0.25, 0.3) is 0 Å². The molecule has 214 valence electrons. The highest BCUT2D eigenvalue weighted by atomic mass is 32.2. The summed E-state index contributed by atoms with van der Waals surface area (Å²) in [7, 11) is 6.30. The van der Waals surface area contributed by atoms with Gasteiger partial charge in [-0.2, -0.15) is 0 Å². The highest BCUT2D eigenvalue weighted by Gasteiger charge is 2.20. The van der Waals surface area contributed by atoms with Gasteiger partial charge in [0.05, 0.1) is 52.8 Å². The van der Waals surface area contributed by atoms with Crippen LogP contribution in [-0.2, 0) is 22.6 Å². The maximum Gasteiger partial charge on any atom is 0.234 e. The topological polar surface area (TPSA) is 126 Å². The molecule has 0 aliphatic heterocycles. The van der Waals surface area contributed by atoms with Crippen molar-refractivity contribution >= 4 is 29.3 Å². The minimum Gasteiger partial charge on any atom is -0.497 e. The van der Waals surface area contributed by atoms with E-state index in [0.717, 1.165) is 11.3 Å². The number of amides is 2. The molecular formula is C29H31N5O6S. The first kappa shape index (κ1) is 29.3. The van der Waals surface area contributed by atoms with Crippen LogP contribution in [0, 0.1) is 0 Å². The molecule has 2 amide bonds. The molecule has 41 heavy (non-hydrogen) atoms. The average Bonchev–Trinajstić information content (AvgIpc) is 3.42. The molecule has 12 heteroatoms. The lowest BCUT2D eigenvalue weighted by Crippen LogP contribution is -2.26. The Morgan fingerprint density at radius 1 is 0.780 bits per heavy atom. The second-order valence-electron chi connectivity index (χ2n) is 8.64. The SMILES string of the molecule is COc1ccc(CC(=O)NCc2nnc(SCC(=O)Nc3ccc(OC)cc3)n2-c2cc(OC)ccc2OC)cc1. The Balaban J connectivity index is 1.52. The summed E-state index contributed by atoms with van der Waals surface area (Å²) >= 11 is 1.20. The summed E-state index contributed by atoms with van der Waals surface area (Å²) in [6, 6.07) is 19.7. The first-order valence-corrected chi connectivity index (χ1v) is 13.6. The van der Waals surface area contributed by atoms with Crippen molar-refractivity contribution in [3.63, 3.8) is 0 Å². The molecule has 3 aromatic carbocycles. The molecule has 0 saturated heterocycles. The Labute approximate surface area is 242 Å². The molecule has 1 heterocycles. The lowest BCUT2D eigenvalue weighted by Gasteiger charge is -2.15. The van der Waals surface area contributed by atoms with Crippen LogP contribution in [0.15, 0.2) is 71.9 Å². The van der Waals surface area contributed by atoms with Crippen LogP contribution in [0.5, 0.6) is 23.0 Å². The minimum atomic E-state index is -0.221. The van der Waals surface area contributed by atoms with Crippen molar-refractivity contribution in [1.29, 1.82) is 0 Å². The van der Waals surface area contributed by atoms with Crippen molar-refractivity contribution in [2.75, 3.05) is 39.5 Å². The number of anilines is 1. The minimum absolute atomic E-state index is 0.0697. The summed E-state index contributed by atoms with van der Waals surface area (Å²) in [6.45, 7) is 0.0982. The fraction of sp³-hybridized carbons (Fsp3) is 0.241. The van der Waals surface area contributed by atoms with E-state index in [1.54, 1.807) is 75.5 Å².